The molecule has 1 aliphatic carbocycles. The molecule has 0 saturated heterocycles. The summed E-state index contributed by atoms with van der Waals surface area (Å²) in [5, 5.41) is 2.94. The molecule has 0 spiro atoms. The molecule has 16 heavy (non-hydrogen) atoms. The van der Waals surface area contributed by atoms with E-state index in [2.05, 4.69) is 21.2 Å². The summed E-state index contributed by atoms with van der Waals surface area (Å²) in [5.74, 6) is 0. The summed E-state index contributed by atoms with van der Waals surface area (Å²) >= 11 is 3.19. The van der Waals surface area contributed by atoms with Crippen molar-refractivity contribution >= 4 is 21.6 Å². The Bertz CT molecular complexity index is 385. The van der Waals surface area contributed by atoms with Crippen molar-refractivity contribution in [2.24, 2.45) is 0 Å². The third kappa shape index (κ3) is 2.51. The lowest BCUT2D eigenvalue weighted by Crippen LogP contribution is -2.28. The lowest BCUT2D eigenvalue weighted by Gasteiger charge is -2.29. The SMILES string of the molecule is FC(F)(F)c1ccc(Br)cc1NC1CCC1. The number of rotatable bonds is 2. The molecule has 1 aromatic carbocycles. The van der Waals surface area contributed by atoms with E-state index < -0.39 is 11.7 Å². The summed E-state index contributed by atoms with van der Waals surface area (Å²) in [4.78, 5) is 0. The van der Waals surface area contributed by atoms with Crippen molar-refractivity contribution in [3.05, 3.63) is 28.2 Å². The molecule has 0 bridgehead atoms. The van der Waals surface area contributed by atoms with Crippen molar-refractivity contribution in [2.75, 3.05) is 5.32 Å². The van der Waals surface area contributed by atoms with Gasteiger partial charge in [0.25, 0.3) is 0 Å². The van der Waals surface area contributed by atoms with E-state index in [1.165, 1.54) is 12.1 Å². The Balaban J connectivity index is 2.28. The summed E-state index contributed by atoms with van der Waals surface area (Å²) in [6, 6.07) is 4.19. The maximum Gasteiger partial charge on any atom is 0.418 e. The molecule has 1 N–H and O–H groups in total. The number of hydrogen-bond acceptors (Lipinski definition) is 1. The van der Waals surface area contributed by atoms with Gasteiger partial charge in [-0.15, -0.1) is 0 Å². The van der Waals surface area contributed by atoms with Crippen LogP contribution in [0.3, 0.4) is 0 Å². The molecule has 0 heterocycles. The average molecular weight is 294 g/mol. The minimum atomic E-state index is -4.30. The van der Waals surface area contributed by atoms with Crippen LogP contribution in [-0.2, 0) is 6.18 Å². The Morgan fingerprint density at radius 3 is 2.44 bits per heavy atom. The zero-order chi connectivity index (χ0) is 11.8. The van der Waals surface area contributed by atoms with E-state index in [-0.39, 0.29) is 11.7 Å². The van der Waals surface area contributed by atoms with E-state index in [1.54, 1.807) is 0 Å². The monoisotopic (exact) mass is 293 g/mol. The van der Waals surface area contributed by atoms with Crippen LogP contribution in [0.25, 0.3) is 0 Å². The highest BCUT2D eigenvalue weighted by atomic mass is 79.9. The highest BCUT2D eigenvalue weighted by molar-refractivity contribution is 9.10. The molecule has 0 radical (unpaired) electrons. The summed E-state index contributed by atoms with van der Waals surface area (Å²) in [7, 11) is 0. The number of anilines is 1. The van der Waals surface area contributed by atoms with E-state index in [9.17, 15) is 13.2 Å². The fourth-order valence-electron chi connectivity index (χ4n) is 1.66. The number of nitrogens with one attached hydrogen (secondary N) is 1. The van der Waals surface area contributed by atoms with Crippen LogP contribution in [0.5, 0.6) is 0 Å². The van der Waals surface area contributed by atoms with Gasteiger partial charge in [0.05, 0.1) is 5.56 Å². The Labute approximate surface area is 100 Å². The highest BCUT2D eigenvalue weighted by Gasteiger charge is 2.34. The predicted octanol–water partition coefficient (Wildman–Crippen LogP) is 4.43. The van der Waals surface area contributed by atoms with Gasteiger partial charge in [-0.1, -0.05) is 15.9 Å². The summed E-state index contributed by atoms with van der Waals surface area (Å²) in [6.45, 7) is 0. The van der Waals surface area contributed by atoms with Gasteiger partial charge in [-0.05, 0) is 37.5 Å². The molecule has 1 aliphatic rings. The second-order valence-corrected chi connectivity index (χ2v) is 4.88. The van der Waals surface area contributed by atoms with Crippen molar-refractivity contribution in [3.8, 4) is 0 Å². The third-order valence-corrected chi connectivity index (χ3v) is 3.25. The summed E-state index contributed by atoms with van der Waals surface area (Å²) < 4.78 is 38.7. The lowest BCUT2D eigenvalue weighted by atomic mass is 9.92. The van der Waals surface area contributed by atoms with Crippen molar-refractivity contribution in [3.63, 3.8) is 0 Å². The minimum Gasteiger partial charge on any atom is -0.382 e. The first kappa shape index (κ1) is 11.8. The summed E-state index contributed by atoms with van der Waals surface area (Å²) in [6.07, 6.45) is -1.31. The average Bonchev–Trinajstić information content (AvgIpc) is 2.09. The topological polar surface area (TPSA) is 12.0 Å². The van der Waals surface area contributed by atoms with Crippen molar-refractivity contribution < 1.29 is 13.2 Å². The Morgan fingerprint density at radius 1 is 1.25 bits per heavy atom. The van der Waals surface area contributed by atoms with Gasteiger partial charge in [0.1, 0.15) is 0 Å². The Kier molecular flexibility index (Phi) is 3.15. The first-order valence-electron chi connectivity index (χ1n) is 5.10. The number of hydrogen-bond donors (Lipinski definition) is 1. The number of halogens is 4. The van der Waals surface area contributed by atoms with Crippen LogP contribution in [0.4, 0.5) is 18.9 Å². The first-order valence-corrected chi connectivity index (χ1v) is 5.89. The molecule has 0 aromatic heterocycles. The maximum absolute atomic E-state index is 12.7. The molecule has 1 aromatic rings. The minimum absolute atomic E-state index is 0.173. The standard InChI is InChI=1S/C11H11BrF3N/c12-7-4-5-9(11(13,14)15)10(6-7)16-8-2-1-3-8/h4-6,8,16H,1-3H2. The van der Waals surface area contributed by atoms with Gasteiger partial charge < -0.3 is 5.32 Å². The molecule has 1 saturated carbocycles. The van der Waals surface area contributed by atoms with Gasteiger partial charge in [0, 0.05) is 16.2 Å². The molecule has 1 nitrogen and oxygen atoms in total. The molecule has 0 aliphatic heterocycles. The normalized spacial score (nSPS) is 17.0. The molecular formula is C11H11BrF3N. The molecule has 2 rings (SSSR count). The zero-order valence-corrected chi connectivity index (χ0v) is 10.0. The van der Waals surface area contributed by atoms with Gasteiger partial charge >= 0.3 is 6.18 Å². The van der Waals surface area contributed by atoms with Crippen LogP contribution < -0.4 is 5.32 Å². The van der Waals surface area contributed by atoms with Crippen LogP contribution in [0.2, 0.25) is 0 Å². The molecular weight excluding hydrogens is 283 g/mol. The van der Waals surface area contributed by atoms with Crippen LogP contribution in [0.1, 0.15) is 24.8 Å². The van der Waals surface area contributed by atoms with E-state index in [0.717, 1.165) is 25.3 Å². The Morgan fingerprint density at radius 2 is 1.94 bits per heavy atom. The number of benzene rings is 1. The van der Waals surface area contributed by atoms with E-state index >= 15 is 0 Å². The van der Waals surface area contributed by atoms with Crippen LogP contribution in [0.15, 0.2) is 22.7 Å². The second-order valence-electron chi connectivity index (χ2n) is 3.96. The van der Waals surface area contributed by atoms with Crippen LogP contribution in [0, 0.1) is 0 Å². The van der Waals surface area contributed by atoms with Crippen molar-refractivity contribution in [1.82, 2.24) is 0 Å². The smallest absolute Gasteiger partial charge is 0.382 e. The molecule has 0 unspecified atom stereocenters. The third-order valence-electron chi connectivity index (χ3n) is 2.75. The van der Waals surface area contributed by atoms with Crippen molar-refractivity contribution in [2.45, 2.75) is 31.5 Å². The van der Waals surface area contributed by atoms with E-state index in [0.29, 0.717) is 4.47 Å². The molecule has 88 valence electrons. The van der Waals surface area contributed by atoms with Gasteiger partial charge in [0.2, 0.25) is 0 Å². The second kappa shape index (κ2) is 4.28. The first-order chi connectivity index (χ1) is 7.47. The fraction of sp³-hybridized carbons (Fsp3) is 0.455. The maximum atomic E-state index is 12.7. The molecule has 0 atom stereocenters. The zero-order valence-electron chi connectivity index (χ0n) is 8.44. The molecule has 1 fully saturated rings. The van der Waals surface area contributed by atoms with E-state index in [1.807, 2.05) is 0 Å². The van der Waals surface area contributed by atoms with Gasteiger partial charge in [-0.3, -0.25) is 0 Å². The predicted molar refractivity (Wildman–Crippen MR) is 60.4 cm³/mol. The lowest BCUT2D eigenvalue weighted by molar-refractivity contribution is -0.137. The number of alkyl halides is 3. The van der Waals surface area contributed by atoms with Gasteiger partial charge in [-0.2, -0.15) is 13.2 Å². The Hall–Kier alpha value is -0.710. The van der Waals surface area contributed by atoms with Gasteiger partial charge in [0.15, 0.2) is 0 Å². The molecule has 0 amide bonds. The summed E-state index contributed by atoms with van der Waals surface area (Å²) in [5.41, 5.74) is -0.422. The van der Waals surface area contributed by atoms with Crippen molar-refractivity contribution in [1.29, 1.82) is 0 Å². The van der Waals surface area contributed by atoms with Gasteiger partial charge in [-0.25, -0.2) is 0 Å². The fourth-order valence-corrected chi connectivity index (χ4v) is 2.02. The van der Waals surface area contributed by atoms with Crippen LogP contribution >= 0.6 is 15.9 Å². The largest absolute Gasteiger partial charge is 0.418 e. The highest BCUT2D eigenvalue weighted by Crippen LogP contribution is 2.37. The van der Waals surface area contributed by atoms with Crippen LogP contribution in [-0.4, -0.2) is 6.04 Å². The quantitative estimate of drug-likeness (QED) is 0.850. The van der Waals surface area contributed by atoms with E-state index in [4.69, 9.17) is 0 Å². The molecule has 5 heteroatoms.